The molecule has 0 aliphatic carbocycles. The molecule has 2 aliphatic rings. The number of ether oxygens (including phenoxy) is 1. The van der Waals surface area contributed by atoms with Crippen LogP contribution in [0.25, 0.3) is 0 Å². The van der Waals surface area contributed by atoms with E-state index in [1.807, 2.05) is 13.2 Å². The Bertz CT molecular complexity index is 650. The molecule has 1 aromatic heterocycles. The highest BCUT2D eigenvalue weighted by Crippen LogP contribution is 2.14. The molecule has 0 aromatic carbocycles. The molecule has 168 valence electrons. The minimum absolute atomic E-state index is 0.469. The second-order valence-electron chi connectivity index (χ2n) is 8.58. The first-order chi connectivity index (χ1) is 14.6. The normalized spacial score (nSPS) is 20.4. The first-order valence-electron chi connectivity index (χ1n) is 11.2. The number of piperazine rings is 1. The summed E-state index contributed by atoms with van der Waals surface area (Å²) in [6, 6.07) is 4.76. The predicted molar refractivity (Wildman–Crippen MR) is 123 cm³/mol. The molecule has 8 nitrogen and oxygen atoms in total. The van der Waals surface area contributed by atoms with Crippen molar-refractivity contribution in [2.75, 3.05) is 78.0 Å². The van der Waals surface area contributed by atoms with E-state index in [0.717, 1.165) is 76.4 Å². The van der Waals surface area contributed by atoms with Gasteiger partial charge in [0.1, 0.15) is 5.82 Å². The predicted octanol–water partition coefficient (Wildman–Crippen LogP) is 0.855. The largest absolute Gasteiger partial charge is 0.379 e. The summed E-state index contributed by atoms with van der Waals surface area (Å²) in [4.78, 5) is 16.3. The first kappa shape index (κ1) is 22.8. The quantitative estimate of drug-likeness (QED) is 0.504. The molecule has 1 unspecified atom stereocenters. The Kier molecular flexibility index (Phi) is 8.72. The lowest BCUT2D eigenvalue weighted by Crippen LogP contribution is -2.52. The van der Waals surface area contributed by atoms with E-state index in [1.165, 1.54) is 0 Å². The van der Waals surface area contributed by atoms with Crippen LogP contribution in [0.3, 0.4) is 0 Å². The average molecular weight is 418 g/mol. The zero-order chi connectivity index (χ0) is 21.3. The van der Waals surface area contributed by atoms with Crippen LogP contribution in [-0.4, -0.2) is 99.9 Å². The fourth-order valence-electron chi connectivity index (χ4n) is 4.05. The SMILES string of the molecule is CN=C(NCc1ccc(N2CCN(C)CC2)nc1)NCC(C(C)C)N1CCOCC1. The third-order valence-corrected chi connectivity index (χ3v) is 6.08. The van der Waals surface area contributed by atoms with Crippen molar-refractivity contribution in [3.63, 3.8) is 0 Å². The topological polar surface area (TPSA) is 68.3 Å². The fraction of sp³-hybridized carbons (Fsp3) is 0.727. The van der Waals surface area contributed by atoms with E-state index in [4.69, 9.17) is 4.74 Å². The Morgan fingerprint density at radius 1 is 1.10 bits per heavy atom. The maximum atomic E-state index is 5.51. The van der Waals surface area contributed by atoms with Gasteiger partial charge >= 0.3 is 0 Å². The molecular formula is C22H39N7O. The number of morpholine rings is 1. The van der Waals surface area contributed by atoms with Gasteiger partial charge in [-0.25, -0.2) is 4.98 Å². The Morgan fingerprint density at radius 3 is 2.43 bits per heavy atom. The van der Waals surface area contributed by atoms with Crippen LogP contribution in [-0.2, 0) is 11.3 Å². The highest BCUT2D eigenvalue weighted by Gasteiger charge is 2.24. The van der Waals surface area contributed by atoms with Crippen LogP contribution in [0.4, 0.5) is 5.82 Å². The number of rotatable bonds is 7. The Morgan fingerprint density at radius 2 is 1.83 bits per heavy atom. The fourth-order valence-corrected chi connectivity index (χ4v) is 4.05. The number of pyridine rings is 1. The van der Waals surface area contributed by atoms with Gasteiger partial charge in [-0.2, -0.15) is 0 Å². The van der Waals surface area contributed by atoms with Crippen LogP contribution < -0.4 is 15.5 Å². The van der Waals surface area contributed by atoms with E-state index in [-0.39, 0.29) is 0 Å². The minimum Gasteiger partial charge on any atom is -0.379 e. The van der Waals surface area contributed by atoms with Gasteiger partial charge in [-0.05, 0) is 24.6 Å². The van der Waals surface area contributed by atoms with Gasteiger partial charge in [0.15, 0.2) is 5.96 Å². The lowest BCUT2D eigenvalue weighted by atomic mass is 10.0. The third kappa shape index (κ3) is 6.55. The molecule has 3 rings (SSSR count). The van der Waals surface area contributed by atoms with Crippen LogP contribution in [0.1, 0.15) is 19.4 Å². The molecule has 30 heavy (non-hydrogen) atoms. The van der Waals surface area contributed by atoms with Gasteiger partial charge in [0.25, 0.3) is 0 Å². The molecule has 2 fully saturated rings. The summed E-state index contributed by atoms with van der Waals surface area (Å²) in [5.74, 6) is 2.47. The van der Waals surface area contributed by atoms with Gasteiger partial charge in [-0.3, -0.25) is 9.89 Å². The number of aliphatic imine (C=N–C) groups is 1. The molecule has 3 heterocycles. The van der Waals surface area contributed by atoms with Gasteiger partial charge in [0.05, 0.1) is 13.2 Å². The summed E-state index contributed by atoms with van der Waals surface area (Å²) < 4.78 is 5.51. The van der Waals surface area contributed by atoms with Crippen molar-refractivity contribution < 1.29 is 4.74 Å². The number of aromatic nitrogens is 1. The van der Waals surface area contributed by atoms with Crippen molar-refractivity contribution in [3.8, 4) is 0 Å². The Hall–Kier alpha value is -1.90. The smallest absolute Gasteiger partial charge is 0.191 e. The highest BCUT2D eigenvalue weighted by molar-refractivity contribution is 5.79. The maximum absolute atomic E-state index is 5.51. The van der Waals surface area contributed by atoms with Crippen LogP contribution in [0.15, 0.2) is 23.3 Å². The minimum atomic E-state index is 0.469. The van der Waals surface area contributed by atoms with E-state index in [1.54, 1.807) is 0 Å². The number of hydrogen-bond acceptors (Lipinski definition) is 6. The molecule has 2 aliphatic heterocycles. The van der Waals surface area contributed by atoms with Gasteiger partial charge in [-0.15, -0.1) is 0 Å². The molecule has 0 saturated carbocycles. The summed E-state index contributed by atoms with van der Waals surface area (Å²) >= 11 is 0. The lowest BCUT2D eigenvalue weighted by Gasteiger charge is -2.37. The molecule has 1 atom stereocenters. The lowest BCUT2D eigenvalue weighted by molar-refractivity contribution is 0.00752. The molecule has 8 heteroatoms. The van der Waals surface area contributed by atoms with E-state index in [2.05, 4.69) is 68.3 Å². The van der Waals surface area contributed by atoms with Crippen molar-refractivity contribution >= 4 is 11.8 Å². The summed E-state index contributed by atoms with van der Waals surface area (Å²) in [5.41, 5.74) is 1.16. The van der Waals surface area contributed by atoms with Gasteiger partial charge in [-0.1, -0.05) is 19.9 Å². The van der Waals surface area contributed by atoms with Crippen LogP contribution >= 0.6 is 0 Å². The average Bonchev–Trinajstić information content (AvgIpc) is 2.77. The van der Waals surface area contributed by atoms with E-state index >= 15 is 0 Å². The zero-order valence-corrected chi connectivity index (χ0v) is 19.1. The molecule has 2 saturated heterocycles. The second-order valence-corrected chi connectivity index (χ2v) is 8.58. The van der Waals surface area contributed by atoms with E-state index in [9.17, 15) is 0 Å². The van der Waals surface area contributed by atoms with Crippen molar-refractivity contribution in [3.05, 3.63) is 23.9 Å². The molecule has 2 N–H and O–H groups in total. The highest BCUT2D eigenvalue weighted by atomic mass is 16.5. The van der Waals surface area contributed by atoms with Crippen molar-refractivity contribution in [2.24, 2.45) is 10.9 Å². The molecular weight excluding hydrogens is 378 g/mol. The third-order valence-electron chi connectivity index (χ3n) is 6.08. The standard InChI is InChI=1S/C22H39N7O/c1-18(2)20(28-11-13-30-14-12-28)17-26-22(23-3)25-16-19-5-6-21(24-15-19)29-9-7-27(4)8-10-29/h5-6,15,18,20H,7-14,16-17H2,1-4H3,(H2,23,25,26). The molecule has 0 radical (unpaired) electrons. The summed E-state index contributed by atoms with van der Waals surface area (Å²) in [7, 11) is 3.99. The van der Waals surface area contributed by atoms with Crippen molar-refractivity contribution in [2.45, 2.75) is 26.4 Å². The van der Waals surface area contributed by atoms with Gasteiger partial charge < -0.3 is 25.2 Å². The second kappa shape index (κ2) is 11.5. The number of anilines is 1. The molecule has 1 aromatic rings. The summed E-state index contributed by atoms with van der Waals surface area (Å²) in [5, 5.41) is 6.93. The Balaban J connectivity index is 1.46. The molecule has 0 amide bonds. The maximum Gasteiger partial charge on any atom is 0.191 e. The first-order valence-corrected chi connectivity index (χ1v) is 11.2. The molecule has 0 bridgehead atoms. The number of nitrogens with one attached hydrogen (secondary N) is 2. The van der Waals surface area contributed by atoms with Crippen LogP contribution in [0, 0.1) is 5.92 Å². The van der Waals surface area contributed by atoms with Gasteiger partial charge in [0.2, 0.25) is 0 Å². The zero-order valence-electron chi connectivity index (χ0n) is 19.1. The monoisotopic (exact) mass is 417 g/mol. The van der Waals surface area contributed by atoms with Crippen molar-refractivity contribution in [1.29, 1.82) is 0 Å². The van der Waals surface area contributed by atoms with Crippen LogP contribution in [0.5, 0.6) is 0 Å². The van der Waals surface area contributed by atoms with Crippen LogP contribution in [0.2, 0.25) is 0 Å². The summed E-state index contributed by atoms with van der Waals surface area (Å²) in [6.07, 6.45) is 1.97. The summed E-state index contributed by atoms with van der Waals surface area (Å²) in [6.45, 7) is 14.1. The van der Waals surface area contributed by atoms with E-state index in [0.29, 0.717) is 18.5 Å². The number of nitrogens with zero attached hydrogens (tertiary/aromatic N) is 5. The van der Waals surface area contributed by atoms with Crippen molar-refractivity contribution in [1.82, 2.24) is 25.4 Å². The van der Waals surface area contributed by atoms with E-state index < -0.39 is 0 Å². The molecule has 0 spiro atoms. The number of likely N-dealkylation sites (N-methyl/N-ethyl adjacent to an activating group) is 1. The Labute approximate surface area is 181 Å². The number of guanidine groups is 1. The number of hydrogen-bond donors (Lipinski definition) is 2. The van der Waals surface area contributed by atoms with Gasteiger partial charge in [0, 0.05) is 71.6 Å².